The summed E-state index contributed by atoms with van der Waals surface area (Å²) in [5.41, 5.74) is 0.116. The van der Waals surface area contributed by atoms with Gasteiger partial charge in [-0.1, -0.05) is 31.9 Å². The molecule has 9 nitrogen and oxygen atoms in total. The quantitative estimate of drug-likeness (QED) is 0.324. The van der Waals surface area contributed by atoms with Gasteiger partial charge in [0.2, 0.25) is 15.9 Å². The Morgan fingerprint density at radius 3 is 2.38 bits per heavy atom. The van der Waals surface area contributed by atoms with Gasteiger partial charge < -0.3 is 15.4 Å². The van der Waals surface area contributed by atoms with Crippen molar-refractivity contribution >= 4 is 45.1 Å². The number of anilines is 1. The Kier molecular flexibility index (Phi) is 11.7. The molecular formula is C21H32ClN3O6S. The van der Waals surface area contributed by atoms with Crippen LogP contribution in [0.4, 0.5) is 5.69 Å². The van der Waals surface area contributed by atoms with Gasteiger partial charge >= 0.3 is 5.97 Å². The molecule has 0 radical (unpaired) electrons. The molecule has 1 aromatic rings. The van der Waals surface area contributed by atoms with Crippen molar-refractivity contribution < 1.29 is 27.5 Å². The van der Waals surface area contributed by atoms with Crippen molar-refractivity contribution in [2.24, 2.45) is 0 Å². The van der Waals surface area contributed by atoms with E-state index in [-0.39, 0.29) is 27.9 Å². The van der Waals surface area contributed by atoms with E-state index in [1.54, 1.807) is 13.8 Å². The molecule has 0 aliphatic carbocycles. The summed E-state index contributed by atoms with van der Waals surface area (Å²) in [5.74, 6) is -1.24. The maximum Gasteiger partial charge on any atom is 0.306 e. The average Bonchev–Trinajstić information content (AvgIpc) is 2.72. The van der Waals surface area contributed by atoms with Gasteiger partial charge in [0.15, 0.2) is 6.10 Å². The third-order valence-corrected chi connectivity index (χ3v) is 7.02. The summed E-state index contributed by atoms with van der Waals surface area (Å²) in [7, 11) is -3.72. The lowest BCUT2D eigenvalue weighted by Gasteiger charge is -2.19. The first-order valence-corrected chi connectivity index (χ1v) is 12.4. The second-order valence-electron chi connectivity index (χ2n) is 7.15. The Morgan fingerprint density at radius 1 is 1.12 bits per heavy atom. The Bertz CT molecular complexity index is 903. The van der Waals surface area contributed by atoms with Gasteiger partial charge in [-0.15, -0.1) is 0 Å². The number of rotatable bonds is 13. The van der Waals surface area contributed by atoms with Crippen LogP contribution in [-0.4, -0.2) is 56.2 Å². The number of sulfonamides is 1. The molecule has 1 unspecified atom stereocenters. The fourth-order valence-corrected chi connectivity index (χ4v) is 4.50. The average molecular weight is 490 g/mol. The minimum absolute atomic E-state index is 0.00445. The van der Waals surface area contributed by atoms with Gasteiger partial charge in [-0.2, -0.15) is 4.31 Å². The van der Waals surface area contributed by atoms with Crippen LogP contribution in [0.3, 0.4) is 0 Å². The van der Waals surface area contributed by atoms with E-state index in [2.05, 4.69) is 10.6 Å². The zero-order valence-corrected chi connectivity index (χ0v) is 20.5. The molecular weight excluding hydrogens is 458 g/mol. The summed E-state index contributed by atoms with van der Waals surface area (Å²) >= 11 is 6.12. The summed E-state index contributed by atoms with van der Waals surface area (Å²) in [5, 5.41) is 5.36. The molecule has 0 aliphatic rings. The summed E-state index contributed by atoms with van der Waals surface area (Å²) in [4.78, 5) is 35.2. The molecule has 0 bridgehead atoms. The van der Waals surface area contributed by atoms with Crippen molar-refractivity contribution in [3.8, 4) is 0 Å². The topological polar surface area (TPSA) is 122 Å². The van der Waals surface area contributed by atoms with Gasteiger partial charge in [0.05, 0.1) is 15.6 Å². The van der Waals surface area contributed by atoms with E-state index in [0.717, 1.165) is 12.8 Å². The highest BCUT2D eigenvalue weighted by molar-refractivity contribution is 7.89. The predicted molar refractivity (Wildman–Crippen MR) is 123 cm³/mol. The fourth-order valence-electron chi connectivity index (χ4n) is 2.85. The molecule has 32 heavy (non-hydrogen) atoms. The molecule has 0 saturated carbocycles. The number of benzene rings is 1. The Morgan fingerprint density at radius 2 is 1.78 bits per heavy atom. The first-order valence-electron chi connectivity index (χ1n) is 10.6. The largest absolute Gasteiger partial charge is 0.453 e. The summed E-state index contributed by atoms with van der Waals surface area (Å²) in [6.07, 6.45) is 1.12. The summed E-state index contributed by atoms with van der Waals surface area (Å²) < 4.78 is 31.8. The Hall–Kier alpha value is -2.17. The van der Waals surface area contributed by atoms with E-state index in [0.29, 0.717) is 26.1 Å². The minimum atomic E-state index is -3.72. The minimum Gasteiger partial charge on any atom is -0.453 e. The standard InChI is InChI=1S/C21H32ClN3O6S/c1-5-25(6-2)32(29,30)17-11-12-18(22)19(14-17)24-21(28)15(3)31-20(27)10-8-7-9-13-23-16(4)26/h11-12,14-15H,5-10,13H2,1-4H3,(H,23,26)(H,24,28). The van der Waals surface area contributed by atoms with E-state index >= 15 is 0 Å². The van der Waals surface area contributed by atoms with Crippen molar-refractivity contribution in [1.82, 2.24) is 9.62 Å². The predicted octanol–water partition coefficient (Wildman–Crippen LogP) is 2.94. The number of hydrogen-bond donors (Lipinski definition) is 2. The molecule has 0 saturated heterocycles. The van der Waals surface area contributed by atoms with Crippen molar-refractivity contribution in [2.75, 3.05) is 25.0 Å². The van der Waals surface area contributed by atoms with Crippen molar-refractivity contribution in [1.29, 1.82) is 0 Å². The molecule has 0 aliphatic heterocycles. The first kappa shape index (κ1) is 27.9. The Balaban J connectivity index is 2.66. The second-order valence-corrected chi connectivity index (χ2v) is 9.49. The van der Waals surface area contributed by atoms with Crippen molar-refractivity contribution in [3.05, 3.63) is 23.2 Å². The molecule has 0 fully saturated rings. The Labute approximate surface area is 194 Å². The molecule has 0 aromatic heterocycles. The lowest BCUT2D eigenvalue weighted by atomic mass is 10.2. The number of hydrogen-bond acceptors (Lipinski definition) is 6. The maximum absolute atomic E-state index is 12.7. The molecule has 0 heterocycles. The number of ether oxygens (including phenoxy) is 1. The normalized spacial score (nSPS) is 12.3. The van der Waals surface area contributed by atoms with Gasteiger partial charge in [0.1, 0.15) is 0 Å². The molecule has 1 atom stereocenters. The highest BCUT2D eigenvalue weighted by Gasteiger charge is 2.24. The molecule has 180 valence electrons. The lowest BCUT2D eigenvalue weighted by Crippen LogP contribution is -2.31. The van der Waals surface area contributed by atoms with Gasteiger partial charge in [0.25, 0.3) is 5.91 Å². The van der Waals surface area contributed by atoms with Crippen LogP contribution in [0.2, 0.25) is 5.02 Å². The summed E-state index contributed by atoms with van der Waals surface area (Å²) in [6.45, 7) is 7.50. The molecule has 0 spiro atoms. The van der Waals surface area contributed by atoms with E-state index in [4.69, 9.17) is 16.3 Å². The maximum atomic E-state index is 12.7. The number of carbonyl (C=O) groups is 3. The van der Waals surface area contributed by atoms with Crippen molar-refractivity contribution in [3.63, 3.8) is 0 Å². The smallest absolute Gasteiger partial charge is 0.306 e. The second kappa shape index (κ2) is 13.4. The van der Waals surface area contributed by atoms with Crippen LogP contribution in [0.1, 0.15) is 53.4 Å². The van der Waals surface area contributed by atoms with Crippen LogP contribution in [0.5, 0.6) is 0 Å². The molecule has 2 amide bonds. The zero-order chi connectivity index (χ0) is 24.3. The third-order valence-electron chi connectivity index (χ3n) is 4.65. The van der Waals surface area contributed by atoms with Gasteiger partial charge in [-0.25, -0.2) is 8.42 Å². The van der Waals surface area contributed by atoms with E-state index in [1.165, 1.54) is 36.4 Å². The van der Waals surface area contributed by atoms with Gasteiger partial charge in [0, 0.05) is 33.0 Å². The van der Waals surface area contributed by atoms with Gasteiger partial charge in [-0.05, 0) is 38.0 Å². The van der Waals surface area contributed by atoms with Crippen LogP contribution < -0.4 is 10.6 Å². The number of nitrogens with one attached hydrogen (secondary N) is 2. The molecule has 2 N–H and O–H groups in total. The van der Waals surface area contributed by atoms with Crippen LogP contribution in [0.25, 0.3) is 0 Å². The fraction of sp³-hybridized carbons (Fsp3) is 0.571. The van der Waals surface area contributed by atoms with Crippen LogP contribution in [0.15, 0.2) is 23.1 Å². The van der Waals surface area contributed by atoms with E-state index in [1.807, 2.05) is 0 Å². The number of esters is 1. The highest BCUT2D eigenvalue weighted by Crippen LogP contribution is 2.27. The summed E-state index contributed by atoms with van der Waals surface area (Å²) in [6, 6.07) is 4.06. The van der Waals surface area contributed by atoms with Gasteiger partial charge in [-0.3, -0.25) is 14.4 Å². The van der Waals surface area contributed by atoms with Crippen LogP contribution in [0, 0.1) is 0 Å². The number of halogens is 1. The molecule has 1 aromatic carbocycles. The molecule has 1 rings (SSSR count). The SMILES string of the molecule is CCN(CC)S(=O)(=O)c1ccc(Cl)c(NC(=O)C(C)OC(=O)CCCCCNC(C)=O)c1. The van der Waals surface area contributed by atoms with E-state index in [9.17, 15) is 22.8 Å². The zero-order valence-electron chi connectivity index (χ0n) is 18.9. The third kappa shape index (κ3) is 8.76. The monoisotopic (exact) mass is 489 g/mol. The number of carbonyl (C=O) groups excluding carboxylic acids is 3. The highest BCUT2D eigenvalue weighted by atomic mass is 35.5. The first-order chi connectivity index (χ1) is 15.0. The van der Waals surface area contributed by atoms with Crippen LogP contribution in [-0.2, 0) is 29.1 Å². The molecule has 11 heteroatoms. The lowest BCUT2D eigenvalue weighted by molar-refractivity contribution is -0.153. The number of unbranched alkanes of at least 4 members (excludes halogenated alkanes) is 2. The van der Waals surface area contributed by atoms with Crippen molar-refractivity contribution in [2.45, 2.75) is 64.4 Å². The van der Waals surface area contributed by atoms with Crippen LogP contribution >= 0.6 is 11.6 Å². The number of amides is 2. The van der Waals surface area contributed by atoms with E-state index < -0.39 is 28.0 Å². The number of nitrogens with zero attached hydrogens (tertiary/aromatic N) is 1.